The summed E-state index contributed by atoms with van der Waals surface area (Å²) in [6, 6.07) is 73.5. The van der Waals surface area contributed by atoms with Gasteiger partial charge in [0.15, 0.2) is 0 Å². The molecule has 0 bridgehead atoms. The fourth-order valence-corrected chi connectivity index (χ4v) is 9.22. The average Bonchev–Trinajstić information content (AvgIpc) is 4.00. The van der Waals surface area contributed by atoms with E-state index >= 15 is 0 Å². The quantitative estimate of drug-likeness (QED) is 0.144. The van der Waals surface area contributed by atoms with Crippen molar-refractivity contribution in [2.45, 2.75) is 0 Å². The van der Waals surface area contributed by atoms with Crippen LogP contribution in [0.15, 0.2) is 228 Å². The first kappa shape index (κ1) is 34.0. The summed E-state index contributed by atoms with van der Waals surface area (Å²) in [6.07, 6.45) is 3.62. The zero-order valence-corrected chi connectivity index (χ0v) is 32.5. The molecule has 60 heavy (non-hydrogen) atoms. The van der Waals surface area contributed by atoms with Crippen LogP contribution in [0, 0.1) is 0 Å². The molecular weight excluding hydrogens is 733 g/mol. The van der Waals surface area contributed by atoms with E-state index in [0.717, 1.165) is 89.1 Å². The Kier molecular flexibility index (Phi) is 7.82. The van der Waals surface area contributed by atoms with Gasteiger partial charge in [-0.3, -0.25) is 0 Å². The van der Waals surface area contributed by atoms with Crippen molar-refractivity contribution in [2.24, 2.45) is 0 Å². The van der Waals surface area contributed by atoms with E-state index in [2.05, 4.69) is 216 Å². The molecule has 0 atom stereocenters. The van der Waals surface area contributed by atoms with Crippen molar-refractivity contribution in [3.8, 4) is 22.3 Å². The average molecular weight is 769 g/mol. The van der Waals surface area contributed by atoms with Crippen LogP contribution < -0.4 is 9.80 Å². The third kappa shape index (κ3) is 5.46. The van der Waals surface area contributed by atoms with Crippen LogP contribution in [0.4, 0.5) is 34.1 Å². The molecule has 0 radical (unpaired) electrons. The van der Waals surface area contributed by atoms with E-state index in [0.29, 0.717) is 0 Å². The van der Waals surface area contributed by atoms with Crippen molar-refractivity contribution in [1.29, 1.82) is 0 Å². The number of para-hydroxylation sites is 4. The van der Waals surface area contributed by atoms with Crippen LogP contribution >= 0.6 is 0 Å². The number of benzene rings is 10. The SMILES string of the molecule is c1ccc(N(c2ccccc2)c2ccc(-c3cc4c5occc5cc5c(-c6ccc(N(c7ccccc7)c7ccccc7)cc6)cc6c7occc7cc3c6c54)cc2)cc1. The van der Waals surface area contributed by atoms with Gasteiger partial charge >= 0.3 is 0 Å². The van der Waals surface area contributed by atoms with Gasteiger partial charge < -0.3 is 18.6 Å². The zero-order valence-electron chi connectivity index (χ0n) is 32.5. The van der Waals surface area contributed by atoms with Crippen LogP contribution in [0.5, 0.6) is 0 Å². The maximum Gasteiger partial charge on any atom is 0.141 e. The topological polar surface area (TPSA) is 32.8 Å². The lowest BCUT2D eigenvalue weighted by Gasteiger charge is -2.26. The number of nitrogens with zero attached hydrogens (tertiary/aromatic N) is 2. The number of hydrogen-bond donors (Lipinski definition) is 0. The second-order valence-corrected chi connectivity index (χ2v) is 15.3. The van der Waals surface area contributed by atoms with Gasteiger partial charge in [-0.1, -0.05) is 97.1 Å². The normalized spacial score (nSPS) is 11.7. The summed E-state index contributed by atoms with van der Waals surface area (Å²) in [5.74, 6) is 0. The standard InChI is InChI=1S/C56H36N2O2/c1-5-13-41(14-6-1)57(42-15-7-2-8-16-42)45-25-21-37(22-26-45)47-35-51-54-50(34-40-30-32-59-55(40)51)48(36-52-53(54)49(47)33-39-29-31-60-56(39)52)38-23-27-46(28-24-38)58(43-17-9-3-10-18-43)44-19-11-4-12-20-44/h1-36H. The van der Waals surface area contributed by atoms with Gasteiger partial charge in [0.25, 0.3) is 0 Å². The lowest BCUT2D eigenvalue weighted by molar-refractivity contribution is 0.619. The molecule has 282 valence electrons. The molecule has 0 aliphatic heterocycles. The Hall–Kier alpha value is -8.08. The van der Waals surface area contributed by atoms with E-state index in [-0.39, 0.29) is 0 Å². The molecule has 12 aromatic rings. The Morgan fingerprint density at radius 3 is 0.933 bits per heavy atom. The van der Waals surface area contributed by atoms with Crippen LogP contribution in [0.25, 0.3) is 76.5 Å². The predicted octanol–water partition coefficient (Wildman–Crippen LogP) is 16.3. The molecule has 0 fully saturated rings. The molecule has 0 aliphatic carbocycles. The third-order valence-corrected chi connectivity index (χ3v) is 11.9. The molecule has 0 aliphatic rings. The van der Waals surface area contributed by atoms with Gasteiger partial charge in [0.1, 0.15) is 11.2 Å². The van der Waals surface area contributed by atoms with Crippen LogP contribution in [-0.4, -0.2) is 0 Å². The summed E-state index contributed by atoms with van der Waals surface area (Å²) in [4.78, 5) is 4.60. The van der Waals surface area contributed by atoms with Gasteiger partial charge in [-0.25, -0.2) is 0 Å². The smallest absolute Gasteiger partial charge is 0.141 e. The van der Waals surface area contributed by atoms with Gasteiger partial charge in [-0.15, -0.1) is 0 Å². The van der Waals surface area contributed by atoms with E-state index < -0.39 is 0 Å². The molecule has 2 heterocycles. The first-order valence-corrected chi connectivity index (χ1v) is 20.3. The molecule has 0 spiro atoms. The van der Waals surface area contributed by atoms with Crippen LogP contribution in [0.3, 0.4) is 0 Å². The van der Waals surface area contributed by atoms with Crippen molar-refractivity contribution in [1.82, 2.24) is 0 Å². The number of rotatable bonds is 8. The Morgan fingerprint density at radius 1 is 0.283 bits per heavy atom. The van der Waals surface area contributed by atoms with E-state index in [9.17, 15) is 0 Å². The largest absolute Gasteiger partial charge is 0.464 e. The molecule has 4 nitrogen and oxygen atoms in total. The van der Waals surface area contributed by atoms with Crippen LogP contribution in [-0.2, 0) is 0 Å². The first-order valence-electron chi connectivity index (χ1n) is 20.3. The van der Waals surface area contributed by atoms with Crippen molar-refractivity contribution in [2.75, 3.05) is 9.80 Å². The number of anilines is 6. The van der Waals surface area contributed by atoms with Gasteiger partial charge in [-0.2, -0.15) is 0 Å². The Bertz CT molecular complexity index is 3130. The summed E-state index contributed by atoms with van der Waals surface area (Å²) in [7, 11) is 0. The Labute approximate surface area is 346 Å². The Balaban J connectivity index is 1.05. The van der Waals surface area contributed by atoms with E-state index in [1.165, 1.54) is 21.5 Å². The van der Waals surface area contributed by atoms with Gasteiger partial charge in [0.05, 0.1) is 12.5 Å². The minimum absolute atomic E-state index is 0.885. The zero-order chi connectivity index (χ0) is 39.6. The predicted molar refractivity (Wildman–Crippen MR) is 250 cm³/mol. The van der Waals surface area contributed by atoms with Crippen molar-refractivity contribution < 1.29 is 8.83 Å². The highest BCUT2D eigenvalue weighted by atomic mass is 16.3. The highest BCUT2D eigenvalue weighted by molar-refractivity contribution is 6.36. The van der Waals surface area contributed by atoms with Crippen molar-refractivity contribution in [3.63, 3.8) is 0 Å². The number of hydrogen-bond acceptors (Lipinski definition) is 4. The molecule has 4 heteroatoms. The lowest BCUT2D eigenvalue weighted by Crippen LogP contribution is -2.09. The fourth-order valence-electron chi connectivity index (χ4n) is 9.22. The third-order valence-electron chi connectivity index (χ3n) is 11.9. The van der Waals surface area contributed by atoms with Gasteiger partial charge in [-0.05, 0) is 142 Å². The van der Waals surface area contributed by atoms with Gasteiger partial charge in [0.2, 0.25) is 0 Å². The van der Waals surface area contributed by atoms with E-state index in [4.69, 9.17) is 8.83 Å². The first-order chi connectivity index (χ1) is 29.8. The molecule has 0 saturated carbocycles. The van der Waals surface area contributed by atoms with Crippen molar-refractivity contribution in [3.05, 3.63) is 219 Å². The Morgan fingerprint density at radius 2 is 0.600 bits per heavy atom. The molecule has 12 rings (SSSR count). The minimum atomic E-state index is 0.885. The van der Waals surface area contributed by atoms with Crippen molar-refractivity contribution >= 4 is 88.4 Å². The maximum absolute atomic E-state index is 6.32. The van der Waals surface area contributed by atoms with E-state index in [1.807, 2.05) is 12.5 Å². The highest BCUT2D eigenvalue weighted by Gasteiger charge is 2.23. The molecule has 0 N–H and O–H groups in total. The lowest BCUT2D eigenvalue weighted by atomic mass is 9.84. The monoisotopic (exact) mass is 768 g/mol. The molecule has 0 amide bonds. The molecule has 2 aromatic heterocycles. The number of fused-ring (bicyclic) bond motifs is 4. The number of furan rings is 2. The van der Waals surface area contributed by atoms with E-state index in [1.54, 1.807) is 0 Å². The summed E-state index contributed by atoms with van der Waals surface area (Å²) < 4.78 is 12.6. The minimum Gasteiger partial charge on any atom is -0.464 e. The second kappa shape index (κ2) is 13.8. The highest BCUT2D eigenvalue weighted by Crippen LogP contribution is 2.49. The fraction of sp³-hybridized carbons (Fsp3) is 0. The van der Waals surface area contributed by atoms with Crippen LogP contribution in [0.1, 0.15) is 0 Å². The second-order valence-electron chi connectivity index (χ2n) is 15.3. The summed E-state index contributed by atoms with van der Waals surface area (Å²) in [6.45, 7) is 0. The molecular formula is C56H36N2O2. The summed E-state index contributed by atoms with van der Waals surface area (Å²) in [5.41, 5.74) is 12.9. The maximum atomic E-state index is 6.32. The molecule has 0 unspecified atom stereocenters. The summed E-state index contributed by atoms with van der Waals surface area (Å²) >= 11 is 0. The molecule has 10 aromatic carbocycles. The molecule has 0 saturated heterocycles. The van der Waals surface area contributed by atoms with Crippen LogP contribution in [0.2, 0.25) is 0 Å². The van der Waals surface area contributed by atoms with Gasteiger partial charge in [0, 0.05) is 66.4 Å². The summed E-state index contributed by atoms with van der Waals surface area (Å²) in [5, 5.41) is 9.04.